The maximum atomic E-state index is 14.2. The zero-order chi connectivity index (χ0) is 30.0. The predicted octanol–water partition coefficient (Wildman–Crippen LogP) is 6.94. The summed E-state index contributed by atoms with van der Waals surface area (Å²) in [6.07, 6.45) is -9.70. The molecule has 1 aromatic heterocycles. The fraction of sp³-hybridized carbons (Fsp3) is 0.192. The highest BCUT2D eigenvalue weighted by molar-refractivity contribution is 6.31. The number of benzene rings is 3. The number of carbonyl (C=O) groups excluding carboxylic acids is 2. The molecule has 2 heterocycles. The molecular formula is C26H15ClF8N4O2. The monoisotopic (exact) mass is 602 g/mol. The van der Waals surface area contributed by atoms with Crippen LogP contribution in [0.1, 0.15) is 49.3 Å². The van der Waals surface area contributed by atoms with Gasteiger partial charge in [0.25, 0.3) is 11.8 Å². The van der Waals surface area contributed by atoms with Crippen LogP contribution in [0.2, 0.25) is 5.02 Å². The molecule has 0 radical (unpaired) electrons. The highest BCUT2D eigenvalue weighted by atomic mass is 35.5. The van der Waals surface area contributed by atoms with E-state index in [9.17, 15) is 44.7 Å². The minimum absolute atomic E-state index is 0.0133. The number of halogens is 9. The first-order valence-electron chi connectivity index (χ1n) is 11.6. The third-order valence-electron chi connectivity index (χ3n) is 6.41. The molecule has 1 aliphatic rings. The lowest BCUT2D eigenvalue weighted by Gasteiger charge is -2.19. The standard InChI is InChI=1S/C26H15ClF8N4O2/c1-10-36-22-18(39(10)9-25(30,31)32)8-17(37-23(40)11-4-12(26(33,34)35)6-14(29)5-11)19-20(22)24(41)38-21(19)15-7-13(28)2-3-16(15)27/h2-8,21H,9H2,1H3,(H,37,40)(H,38,41). The lowest BCUT2D eigenvalue weighted by Crippen LogP contribution is -2.21. The molecule has 2 N–H and O–H groups in total. The predicted molar refractivity (Wildman–Crippen MR) is 131 cm³/mol. The number of nitrogens with zero attached hydrogens (tertiary/aromatic N) is 2. The van der Waals surface area contributed by atoms with E-state index in [1.165, 1.54) is 13.0 Å². The van der Waals surface area contributed by atoms with Crippen molar-refractivity contribution < 1.29 is 44.7 Å². The van der Waals surface area contributed by atoms with E-state index in [1.807, 2.05) is 0 Å². The van der Waals surface area contributed by atoms with E-state index in [1.54, 1.807) is 0 Å². The second kappa shape index (κ2) is 9.72. The Kier molecular flexibility index (Phi) is 6.71. The van der Waals surface area contributed by atoms with Crippen LogP contribution >= 0.6 is 11.6 Å². The molecule has 0 aliphatic carbocycles. The molecule has 41 heavy (non-hydrogen) atoms. The van der Waals surface area contributed by atoms with Crippen molar-refractivity contribution in [2.24, 2.45) is 0 Å². The van der Waals surface area contributed by atoms with Gasteiger partial charge in [-0.15, -0.1) is 0 Å². The van der Waals surface area contributed by atoms with Crippen molar-refractivity contribution >= 4 is 40.1 Å². The molecule has 1 unspecified atom stereocenters. The largest absolute Gasteiger partial charge is 0.416 e. The molecule has 4 aromatic rings. The van der Waals surface area contributed by atoms with E-state index < -0.39 is 59.5 Å². The van der Waals surface area contributed by atoms with Gasteiger partial charge >= 0.3 is 12.4 Å². The van der Waals surface area contributed by atoms with Gasteiger partial charge in [-0.05, 0) is 49.4 Å². The Balaban J connectivity index is 1.73. The van der Waals surface area contributed by atoms with E-state index in [0.29, 0.717) is 12.1 Å². The molecule has 3 aromatic carbocycles. The number of imidazole rings is 1. The Morgan fingerprint density at radius 3 is 2.41 bits per heavy atom. The molecule has 0 bridgehead atoms. The van der Waals surface area contributed by atoms with Gasteiger partial charge in [-0.2, -0.15) is 26.3 Å². The molecule has 5 rings (SSSR count). The molecular weight excluding hydrogens is 588 g/mol. The average Bonchev–Trinajstić information content (AvgIpc) is 3.35. The Morgan fingerprint density at radius 2 is 1.76 bits per heavy atom. The number of anilines is 1. The third-order valence-corrected chi connectivity index (χ3v) is 6.75. The lowest BCUT2D eigenvalue weighted by atomic mass is 9.95. The van der Waals surface area contributed by atoms with E-state index in [2.05, 4.69) is 15.6 Å². The SMILES string of the molecule is Cc1nc2c3c(c(NC(=O)c4cc(F)cc(C(F)(F)F)c4)cc2n1CC(F)(F)F)C(c1cc(F)ccc1Cl)NC3=O. The summed E-state index contributed by atoms with van der Waals surface area (Å²) in [6.45, 7) is -0.253. The van der Waals surface area contributed by atoms with Crippen LogP contribution in [0.5, 0.6) is 0 Å². The minimum Gasteiger partial charge on any atom is -0.341 e. The number of nitrogens with one attached hydrogen (secondary N) is 2. The number of hydrogen-bond donors (Lipinski definition) is 2. The number of amides is 2. The van der Waals surface area contributed by atoms with Crippen molar-refractivity contribution in [2.45, 2.75) is 31.9 Å². The third kappa shape index (κ3) is 5.31. The Bertz CT molecular complexity index is 1750. The Hall–Kier alpha value is -4.20. The fourth-order valence-corrected chi connectivity index (χ4v) is 4.95. The van der Waals surface area contributed by atoms with Crippen molar-refractivity contribution in [1.29, 1.82) is 0 Å². The summed E-state index contributed by atoms with van der Waals surface area (Å²) < 4.78 is 109. The zero-order valence-corrected chi connectivity index (χ0v) is 21.2. The zero-order valence-electron chi connectivity index (χ0n) is 20.4. The van der Waals surface area contributed by atoms with Gasteiger partial charge in [0.15, 0.2) is 0 Å². The summed E-state index contributed by atoms with van der Waals surface area (Å²) in [5.74, 6) is -4.36. The second-order valence-electron chi connectivity index (χ2n) is 9.19. The number of rotatable bonds is 4. The van der Waals surface area contributed by atoms with Gasteiger partial charge in [-0.1, -0.05) is 11.6 Å². The molecule has 6 nitrogen and oxygen atoms in total. The number of aryl methyl sites for hydroxylation is 1. The van der Waals surface area contributed by atoms with Gasteiger partial charge in [0.1, 0.15) is 29.5 Å². The topological polar surface area (TPSA) is 76.0 Å². The normalized spacial score (nSPS) is 15.3. The first kappa shape index (κ1) is 28.3. The molecule has 0 saturated heterocycles. The molecule has 1 atom stereocenters. The molecule has 214 valence electrons. The van der Waals surface area contributed by atoms with Crippen LogP contribution in [-0.4, -0.2) is 27.5 Å². The summed E-state index contributed by atoms with van der Waals surface area (Å²) in [5, 5.41) is 4.82. The van der Waals surface area contributed by atoms with Gasteiger partial charge in [0.2, 0.25) is 0 Å². The van der Waals surface area contributed by atoms with E-state index >= 15 is 0 Å². The second-order valence-corrected chi connectivity index (χ2v) is 9.60. The highest BCUT2D eigenvalue weighted by Crippen LogP contribution is 2.43. The van der Waals surface area contributed by atoms with Crippen LogP contribution in [0.4, 0.5) is 40.8 Å². The van der Waals surface area contributed by atoms with Crippen molar-refractivity contribution in [2.75, 3.05) is 5.32 Å². The fourth-order valence-electron chi connectivity index (χ4n) is 4.72. The van der Waals surface area contributed by atoms with Gasteiger partial charge < -0.3 is 15.2 Å². The van der Waals surface area contributed by atoms with Gasteiger partial charge in [-0.25, -0.2) is 13.8 Å². The van der Waals surface area contributed by atoms with Crippen molar-refractivity contribution in [3.63, 3.8) is 0 Å². The van der Waals surface area contributed by atoms with Crippen LogP contribution in [-0.2, 0) is 12.7 Å². The van der Waals surface area contributed by atoms with Crippen molar-refractivity contribution in [3.8, 4) is 0 Å². The number of hydrogen-bond acceptors (Lipinski definition) is 3. The van der Waals surface area contributed by atoms with Crippen molar-refractivity contribution in [1.82, 2.24) is 14.9 Å². The summed E-state index contributed by atoms with van der Waals surface area (Å²) in [4.78, 5) is 30.4. The number of aromatic nitrogens is 2. The molecule has 0 saturated carbocycles. The van der Waals surface area contributed by atoms with Crippen molar-refractivity contribution in [3.05, 3.63) is 92.8 Å². The van der Waals surface area contributed by atoms with Crippen LogP contribution in [0.25, 0.3) is 11.0 Å². The summed E-state index contributed by atoms with van der Waals surface area (Å²) in [5.41, 5.74) is -3.25. The molecule has 2 amide bonds. The lowest BCUT2D eigenvalue weighted by molar-refractivity contribution is -0.140. The summed E-state index contributed by atoms with van der Waals surface area (Å²) in [7, 11) is 0. The Labute approximate surface area is 229 Å². The van der Waals surface area contributed by atoms with Gasteiger partial charge in [0, 0.05) is 27.4 Å². The van der Waals surface area contributed by atoms with Crippen LogP contribution in [0.3, 0.4) is 0 Å². The molecule has 0 spiro atoms. The average molecular weight is 603 g/mol. The molecule has 15 heteroatoms. The van der Waals surface area contributed by atoms with Gasteiger partial charge in [0.05, 0.1) is 22.7 Å². The van der Waals surface area contributed by atoms with Crippen LogP contribution in [0.15, 0.2) is 42.5 Å². The van der Waals surface area contributed by atoms with Crippen LogP contribution in [0, 0.1) is 18.6 Å². The maximum Gasteiger partial charge on any atom is 0.416 e. The quantitative estimate of drug-likeness (QED) is 0.249. The van der Waals surface area contributed by atoms with Crippen LogP contribution < -0.4 is 10.6 Å². The number of fused-ring (bicyclic) bond motifs is 3. The Morgan fingerprint density at radius 1 is 1.05 bits per heavy atom. The van der Waals surface area contributed by atoms with Gasteiger partial charge in [-0.3, -0.25) is 9.59 Å². The minimum atomic E-state index is -4.99. The highest BCUT2D eigenvalue weighted by Gasteiger charge is 2.39. The first-order chi connectivity index (χ1) is 19.0. The molecule has 1 aliphatic heterocycles. The smallest absolute Gasteiger partial charge is 0.341 e. The number of alkyl halides is 6. The maximum absolute atomic E-state index is 14.2. The van der Waals surface area contributed by atoms with E-state index in [4.69, 9.17) is 11.6 Å². The van der Waals surface area contributed by atoms with E-state index in [0.717, 1.165) is 22.8 Å². The first-order valence-corrected chi connectivity index (χ1v) is 12.0. The molecule has 0 fully saturated rings. The summed E-state index contributed by atoms with van der Waals surface area (Å²) in [6, 6.07) is 4.15. The number of carbonyl (C=O) groups is 2. The van der Waals surface area contributed by atoms with E-state index in [-0.39, 0.29) is 50.3 Å². The summed E-state index contributed by atoms with van der Waals surface area (Å²) >= 11 is 6.24.